The van der Waals surface area contributed by atoms with Gasteiger partial charge in [0.2, 0.25) is 5.88 Å². The Morgan fingerprint density at radius 2 is 1.84 bits per heavy atom. The molecule has 0 aliphatic carbocycles. The summed E-state index contributed by atoms with van der Waals surface area (Å²) in [5.41, 5.74) is 3.69. The third-order valence-electron chi connectivity index (χ3n) is 5.63. The van der Waals surface area contributed by atoms with E-state index in [1.807, 2.05) is 42.5 Å². The van der Waals surface area contributed by atoms with E-state index in [1.165, 1.54) is 0 Å². The first-order valence-corrected chi connectivity index (χ1v) is 10.9. The Morgan fingerprint density at radius 1 is 1.16 bits per heavy atom. The number of thiocarbonyl (C=S) groups is 1. The predicted molar refractivity (Wildman–Crippen MR) is 128 cm³/mol. The number of hydrogen-bond donors (Lipinski definition) is 2. The number of aliphatic carboxylic acids is 1. The Labute approximate surface area is 192 Å². The van der Waals surface area contributed by atoms with Crippen LogP contribution in [0.25, 0.3) is 0 Å². The van der Waals surface area contributed by atoms with Gasteiger partial charge in [-0.05, 0) is 29.7 Å². The van der Waals surface area contributed by atoms with E-state index in [-0.39, 0.29) is 12.5 Å². The van der Waals surface area contributed by atoms with Gasteiger partial charge < -0.3 is 15.2 Å². The van der Waals surface area contributed by atoms with E-state index in [4.69, 9.17) is 17.0 Å². The van der Waals surface area contributed by atoms with Crippen LogP contribution in [0.4, 0.5) is 5.69 Å². The maximum absolute atomic E-state index is 11.9. The van der Waals surface area contributed by atoms with Crippen molar-refractivity contribution in [2.75, 3.05) is 11.9 Å². The summed E-state index contributed by atoms with van der Waals surface area (Å²) in [6, 6.07) is 21.7. The molecular formula is C25H25N3O3S. The number of benzene rings is 2. The third kappa shape index (κ3) is 5.12. The first-order valence-electron chi connectivity index (χ1n) is 10.5. The predicted octanol–water partition coefficient (Wildman–Crippen LogP) is 4.99. The summed E-state index contributed by atoms with van der Waals surface area (Å²) in [5, 5.41) is 12.9. The lowest BCUT2D eigenvalue weighted by atomic mass is 9.97. The summed E-state index contributed by atoms with van der Waals surface area (Å²) >= 11 is 5.24. The number of nitrogens with zero attached hydrogens (tertiary/aromatic N) is 2. The molecule has 2 aromatic carbocycles. The van der Waals surface area contributed by atoms with Crippen LogP contribution >= 0.6 is 12.2 Å². The number of hydrogen-bond acceptors (Lipinski definition) is 5. The SMILES string of the molecule is C[C@H](c1ccccc1)N(Cc1ccccc1)C(CC(=O)O)c1cnc2c(c1)NC(=S)CO2. The molecule has 1 aromatic heterocycles. The molecule has 0 saturated heterocycles. The highest BCUT2D eigenvalue weighted by molar-refractivity contribution is 7.80. The number of rotatable bonds is 8. The van der Waals surface area contributed by atoms with Gasteiger partial charge >= 0.3 is 5.97 Å². The molecule has 3 aromatic rings. The smallest absolute Gasteiger partial charge is 0.305 e. The monoisotopic (exact) mass is 447 g/mol. The minimum Gasteiger partial charge on any atom is -0.481 e. The van der Waals surface area contributed by atoms with Gasteiger partial charge in [-0.25, -0.2) is 4.98 Å². The number of carbonyl (C=O) groups is 1. The summed E-state index contributed by atoms with van der Waals surface area (Å²) in [7, 11) is 0. The van der Waals surface area contributed by atoms with Crippen molar-refractivity contribution in [2.24, 2.45) is 0 Å². The summed E-state index contributed by atoms with van der Waals surface area (Å²) < 4.78 is 5.58. The van der Waals surface area contributed by atoms with Gasteiger partial charge in [-0.3, -0.25) is 9.69 Å². The van der Waals surface area contributed by atoms with Crippen LogP contribution in [0.1, 0.15) is 42.1 Å². The number of ether oxygens (including phenoxy) is 1. The highest BCUT2D eigenvalue weighted by atomic mass is 32.1. The first kappa shape index (κ1) is 21.9. The lowest BCUT2D eigenvalue weighted by molar-refractivity contribution is -0.138. The zero-order chi connectivity index (χ0) is 22.5. The largest absolute Gasteiger partial charge is 0.481 e. The molecule has 2 heterocycles. The Bertz CT molecular complexity index is 1090. The average Bonchev–Trinajstić information content (AvgIpc) is 2.81. The number of pyridine rings is 1. The lowest BCUT2D eigenvalue weighted by Crippen LogP contribution is -2.33. The van der Waals surface area contributed by atoms with E-state index in [0.29, 0.717) is 29.7 Å². The van der Waals surface area contributed by atoms with Gasteiger partial charge in [0.05, 0.1) is 6.42 Å². The van der Waals surface area contributed by atoms with E-state index < -0.39 is 12.0 Å². The van der Waals surface area contributed by atoms with Crippen LogP contribution in [0.15, 0.2) is 72.9 Å². The van der Waals surface area contributed by atoms with Crippen molar-refractivity contribution in [3.63, 3.8) is 0 Å². The Hall–Kier alpha value is -3.29. The standard InChI is InChI=1S/C25H25N3O3S/c1-17(19-10-6-3-7-11-19)28(15-18-8-4-2-5-9-18)22(13-24(29)30)20-12-21-25(26-14-20)31-16-23(32)27-21/h2-12,14,17,22H,13,15-16H2,1H3,(H,27,32)(H,29,30)/t17-,22?/m1/s1. The molecule has 4 rings (SSSR count). The summed E-state index contributed by atoms with van der Waals surface area (Å²) in [6.45, 7) is 2.99. The maximum atomic E-state index is 11.9. The zero-order valence-electron chi connectivity index (χ0n) is 17.8. The lowest BCUT2D eigenvalue weighted by Gasteiger charge is -2.37. The van der Waals surface area contributed by atoms with Gasteiger partial charge in [0, 0.05) is 24.8 Å². The summed E-state index contributed by atoms with van der Waals surface area (Å²) in [4.78, 5) is 19.2. The molecule has 7 heteroatoms. The highest BCUT2D eigenvalue weighted by Gasteiger charge is 2.30. The molecule has 2 N–H and O–H groups in total. The maximum Gasteiger partial charge on any atom is 0.305 e. The van der Waals surface area contributed by atoms with Crippen LogP contribution in [0.2, 0.25) is 0 Å². The third-order valence-corrected chi connectivity index (χ3v) is 5.85. The molecule has 2 atom stereocenters. The van der Waals surface area contributed by atoms with Crippen molar-refractivity contribution in [3.8, 4) is 5.88 Å². The molecule has 0 radical (unpaired) electrons. The van der Waals surface area contributed by atoms with Gasteiger partial charge in [-0.1, -0.05) is 72.9 Å². The number of aromatic nitrogens is 1. The van der Waals surface area contributed by atoms with Crippen LogP contribution in [-0.4, -0.2) is 32.6 Å². The van der Waals surface area contributed by atoms with Crippen molar-refractivity contribution >= 4 is 28.9 Å². The molecule has 1 unspecified atom stereocenters. The molecule has 0 saturated carbocycles. The molecule has 0 amide bonds. The van der Waals surface area contributed by atoms with Crippen LogP contribution < -0.4 is 10.1 Å². The number of carboxylic acids is 1. The van der Waals surface area contributed by atoms with Crippen LogP contribution in [-0.2, 0) is 11.3 Å². The van der Waals surface area contributed by atoms with Crippen molar-refractivity contribution in [2.45, 2.75) is 32.0 Å². The Morgan fingerprint density at radius 3 is 2.53 bits per heavy atom. The Balaban J connectivity index is 1.76. The van der Waals surface area contributed by atoms with E-state index in [0.717, 1.165) is 16.7 Å². The van der Waals surface area contributed by atoms with E-state index >= 15 is 0 Å². The number of nitrogens with one attached hydrogen (secondary N) is 1. The molecular weight excluding hydrogens is 422 g/mol. The van der Waals surface area contributed by atoms with Gasteiger partial charge in [0.15, 0.2) is 0 Å². The van der Waals surface area contributed by atoms with Crippen LogP contribution in [0.5, 0.6) is 5.88 Å². The molecule has 0 fully saturated rings. The van der Waals surface area contributed by atoms with Crippen LogP contribution in [0, 0.1) is 0 Å². The minimum absolute atomic E-state index is 0.0259. The summed E-state index contributed by atoms with van der Waals surface area (Å²) in [5.74, 6) is -0.395. The second kappa shape index (κ2) is 9.89. The van der Waals surface area contributed by atoms with Gasteiger partial charge in [-0.15, -0.1) is 0 Å². The molecule has 164 valence electrons. The molecule has 0 bridgehead atoms. The normalized spacial score (nSPS) is 14.8. The molecule has 0 spiro atoms. The average molecular weight is 448 g/mol. The van der Waals surface area contributed by atoms with E-state index in [9.17, 15) is 9.90 Å². The fourth-order valence-corrected chi connectivity index (χ4v) is 4.17. The molecule has 32 heavy (non-hydrogen) atoms. The topological polar surface area (TPSA) is 74.7 Å². The molecule has 6 nitrogen and oxygen atoms in total. The summed E-state index contributed by atoms with van der Waals surface area (Å²) in [6.07, 6.45) is 1.65. The zero-order valence-corrected chi connectivity index (χ0v) is 18.6. The van der Waals surface area contributed by atoms with Gasteiger partial charge in [0.1, 0.15) is 17.3 Å². The fraction of sp³-hybridized carbons (Fsp3) is 0.240. The highest BCUT2D eigenvalue weighted by Crippen LogP contribution is 2.37. The first-order chi connectivity index (χ1) is 15.5. The molecule has 1 aliphatic heterocycles. The quantitative estimate of drug-likeness (QED) is 0.471. The second-order valence-electron chi connectivity index (χ2n) is 7.82. The van der Waals surface area contributed by atoms with Crippen molar-refractivity contribution in [1.82, 2.24) is 9.88 Å². The minimum atomic E-state index is -0.870. The van der Waals surface area contributed by atoms with Crippen LogP contribution in [0.3, 0.4) is 0 Å². The second-order valence-corrected chi connectivity index (χ2v) is 8.31. The van der Waals surface area contributed by atoms with Gasteiger partial charge in [-0.2, -0.15) is 0 Å². The number of anilines is 1. The van der Waals surface area contributed by atoms with Crippen molar-refractivity contribution in [3.05, 3.63) is 89.6 Å². The van der Waals surface area contributed by atoms with E-state index in [2.05, 4.69) is 46.4 Å². The molecule has 1 aliphatic rings. The number of fused-ring (bicyclic) bond motifs is 1. The van der Waals surface area contributed by atoms with Gasteiger partial charge in [0.25, 0.3) is 0 Å². The Kier molecular flexibility index (Phi) is 6.78. The fourth-order valence-electron chi connectivity index (χ4n) is 4.00. The van der Waals surface area contributed by atoms with E-state index in [1.54, 1.807) is 6.20 Å². The number of carboxylic acid groups (broad SMARTS) is 1. The van der Waals surface area contributed by atoms with Crippen molar-refractivity contribution < 1.29 is 14.6 Å². The van der Waals surface area contributed by atoms with Crippen molar-refractivity contribution in [1.29, 1.82) is 0 Å².